The van der Waals surface area contributed by atoms with Gasteiger partial charge in [-0.3, -0.25) is 14.6 Å². The van der Waals surface area contributed by atoms with Crippen molar-refractivity contribution < 1.29 is 29.0 Å². The second-order valence-electron chi connectivity index (χ2n) is 9.58. The van der Waals surface area contributed by atoms with Crippen molar-refractivity contribution in [3.05, 3.63) is 0 Å². The van der Waals surface area contributed by atoms with Crippen molar-refractivity contribution in [2.24, 2.45) is 34.2 Å². The molecule has 200 valence electrons. The van der Waals surface area contributed by atoms with E-state index < -0.39 is 42.6 Å². The minimum Gasteiger partial charge on any atom is -0.446 e. The van der Waals surface area contributed by atoms with Gasteiger partial charge < -0.3 is 42.1 Å². The number of nitrogens with one attached hydrogen (secondary N) is 3. The third kappa shape index (κ3) is 10.9. The number of aldehydes is 1. The predicted molar refractivity (Wildman–Crippen MR) is 131 cm³/mol. The third-order valence-electron chi connectivity index (χ3n) is 6.22. The lowest BCUT2D eigenvalue weighted by atomic mass is 9.75. The molecule has 1 saturated carbocycles. The van der Waals surface area contributed by atoms with Gasteiger partial charge in [0.05, 0.1) is 12.6 Å². The van der Waals surface area contributed by atoms with Crippen molar-refractivity contribution in [2.75, 3.05) is 13.2 Å². The molecule has 12 heteroatoms. The summed E-state index contributed by atoms with van der Waals surface area (Å²) in [5.74, 6) is -0.393. The van der Waals surface area contributed by atoms with E-state index in [1.54, 1.807) is 0 Å². The van der Waals surface area contributed by atoms with Crippen LogP contribution >= 0.6 is 0 Å². The van der Waals surface area contributed by atoms with E-state index in [1.165, 1.54) is 6.92 Å². The van der Waals surface area contributed by atoms with Crippen molar-refractivity contribution in [3.63, 3.8) is 0 Å². The van der Waals surface area contributed by atoms with Gasteiger partial charge in [-0.05, 0) is 50.4 Å². The highest BCUT2D eigenvalue weighted by Crippen LogP contribution is 2.35. The molecular weight excluding hydrogens is 456 g/mol. The van der Waals surface area contributed by atoms with Gasteiger partial charge in [0.1, 0.15) is 24.5 Å². The fraction of sp³-hybridized carbons (Fsp3) is 0.783. The average Bonchev–Trinajstić information content (AvgIpc) is 2.78. The standard InChI is InChI=1S/C23H42N6O6/c1-13(2)17-8-7-14(3)10-19(17)35-23(34)29-18(12-31)21(33)27-15(4)20(32)28-16(11-30)6-5-9-26-22(24)25/h11,13-19,31H,5-10,12H2,1-4H3,(H,27,33)(H,28,32)(H,29,34)(H4,24,25,26)/t14-,15+,16+,17+,18-,19-/m1/s1. The van der Waals surface area contributed by atoms with Crippen LogP contribution in [0.3, 0.4) is 0 Å². The van der Waals surface area contributed by atoms with Gasteiger partial charge in [0.2, 0.25) is 11.8 Å². The first kappa shape index (κ1) is 30.1. The number of guanidine groups is 1. The topological polar surface area (TPSA) is 198 Å². The van der Waals surface area contributed by atoms with E-state index in [1.807, 2.05) is 0 Å². The van der Waals surface area contributed by atoms with Gasteiger partial charge in [0, 0.05) is 6.54 Å². The maximum Gasteiger partial charge on any atom is 0.408 e. The molecule has 12 nitrogen and oxygen atoms in total. The molecule has 3 amide bonds. The van der Waals surface area contributed by atoms with E-state index in [0.29, 0.717) is 37.5 Å². The molecule has 6 atom stereocenters. The van der Waals surface area contributed by atoms with Gasteiger partial charge in [-0.2, -0.15) is 0 Å². The van der Waals surface area contributed by atoms with Crippen LogP contribution in [0.1, 0.15) is 59.8 Å². The second kappa shape index (κ2) is 15.2. The van der Waals surface area contributed by atoms with Crippen LogP contribution in [0.5, 0.6) is 0 Å². The number of aliphatic hydroxyl groups excluding tert-OH is 1. The van der Waals surface area contributed by atoms with Crippen molar-refractivity contribution in [2.45, 2.75) is 84.0 Å². The van der Waals surface area contributed by atoms with Gasteiger partial charge in [-0.25, -0.2) is 4.79 Å². The first-order chi connectivity index (χ1) is 16.5. The summed E-state index contributed by atoms with van der Waals surface area (Å²) in [6, 6.07) is -3.08. The molecule has 0 bridgehead atoms. The number of nitrogens with zero attached hydrogens (tertiary/aromatic N) is 1. The smallest absolute Gasteiger partial charge is 0.408 e. The fourth-order valence-corrected chi connectivity index (χ4v) is 4.14. The molecule has 0 saturated heterocycles. The van der Waals surface area contributed by atoms with Crippen molar-refractivity contribution in [1.29, 1.82) is 0 Å². The molecule has 1 aliphatic rings. The largest absolute Gasteiger partial charge is 0.446 e. The number of nitrogens with two attached hydrogens (primary N) is 2. The lowest BCUT2D eigenvalue weighted by molar-refractivity contribution is -0.131. The van der Waals surface area contributed by atoms with E-state index in [2.05, 4.69) is 41.7 Å². The quantitative estimate of drug-likeness (QED) is 0.0866. The lowest BCUT2D eigenvalue weighted by Crippen LogP contribution is -2.55. The first-order valence-electron chi connectivity index (χ1n) is 12.2. The molecule has 1 rings (SSSR count). The van der Waals surface area contributed by atoms with E-state index in [0.717, 1.165) is 19.3 Å². The lowest BCUT2D eigenvalue weighted by Gasteiger charge is -2.36. The van der Waals surface area contributed by atoms with Gasteiger partial charge in [0.25, 0.3) is 0 Å². The fourth-order valence-electron chi connectivity index (χ4n) is 4.14. The van der Waals surface area contributed by atoms with E-state index in [9.17, 15) is 24.3 Å². The Morgan fingerprint density at radius 2 is 1.80 bits per heavy atom. The highest BCUT2D eigenvalue weighted by Gasteiger charge is 2.34. The van der Waals surface area contributed by atoms with Crippen LogP contribution < -0.4 is 27.4 Å². The summed E-state index contributed by atoms with van der Waals surface area (Å²) in [7, 11) is 0. The Balaban J connectivity index is 2.57. The van der Waals surface area contributed by atoms with Crippen LogP contribution in [0.25, 0.3) is 0 Å². The van der Waals surface area contributed by atoms with Gasteiger partial charge in [-0.1, -0.05) is 27.2 Å². The maximum atomic E-state index is 12.5. The average molecular weight is 499 g/mol. The zero-order chi connectivity index (χ0) is 26.5. The van der Waals surface area contributed by atoms with Crippen LogP contribution in [0.15, 0.2) is 4.99 Å². The van der Waals surface area contributed by atoms with Gasteiger partial charge >= 0.3 is 6.09 Å². The van der Waals surface area contributed by atoms with Crippen molar-refractivity contribution >= 4 is 30.2 Å². The monoisotopic (exact) mass is 498 g/mol. The van der Waals surface area contributed by atoms with E-state index in [4.69, 9.17) is 16.2 Å². The molecular formula is C23H42N6O6. The summed E-state index contributed by atoms with van der Waals surface area (Å²) < 4.78 is 5.62. The molecule has 8 N–H and O–H groups in total. The molecule has 0 aromatic heterocycles. The molecule has 0 aliphatic heterocycles. The Kier molecular flexibility index (Phi) is 13.1. The SMILES string of the molecule is CC(C)[C@@H]1CC[C@@H](C)C[C@H]1OC(=O)N[C@H](CO)C(=O)N[C@@H](C)C(=O)N[C@H](C=O)CCCN=C(N)N. The molecule has 35 heavy (non-hydrogen) atoms. The zero-order valence-corrected chi connectivity index (χ0v) is 21.2. The predicted octanol–water partition coefficient (Wildman–Crippen LogP) is -0.224. The Bertz CT molecular complexity index is 742. The van der Waals surface area contributed by atoms with E-state index in [-0.39, 0.29) is 18.0 Å². The molecule has 1 aliphatic carbocycles. The molecule has 0 radical (unpaired) electrons. The number of alkyl carbamates (subject to hydrolysis) is 1. The van der Waals surface area contributed by atoms with Crippen LogP contribution in [0.2, 0.25) is 0 Å². The maximum absolute atomic E-state index is 12.5. The third-order valence-corrected chi connectivity index (χ3v) is 6.22. The first-order valence-corrected chi connectivity index (χ1v) is 12.2. The summed E-state index contributed by atoms with van der Waals surface area (Å²) in [6.45, 7) is 7.35. The number of carbonyl (C=O) groups is 4. The summed E-state index contributed by atoms with van der Waals surface area (Å²) in [5, 5.41) is 17.0. The number of hydrogen-bond donors (Lipinski definition) is 6. The second-order valence-corrected chi connectivity index (χ2v) is 9.58. The Morgan fingerprint density at radius 1 is 1.11 bits per heavy atom. The highest BCUT2D eigenvalue weighted by atomic mass is 16.6. The van der Waals surface area contributed by atoms with Gasteiger partial charge in [-0.15, -0.1) is 0 Å². The minimum absolute atomic E-state index is 0.0583. The molecule has 0 spiro atoms. The van der Waals surface area contributed by atoms with Crippen molar-refractivity contribution in [3.8, 4) is 0 Å². The Hall–Kier alpha value is -2.89. The number of rotatable bonds is 13. The molecule has 0 heterocycles. The Labute approximate surface area is 207 Å². The molecule has 1 fully saturated rings. The van der Waals surface area contributed by atoms with Crippen molar-refractivity contribution in [1.82, 2.24) is 16.0 Å². The number of carbonyl (C=O) groups excluding carboxylic acids is 4. The molecule has 0 unspecified atom stereocenters. The number of ether oxygens (including phenoxy) is 1. The van der Waals surface area contributed by atoms with Crippen LogP contribution in [-0.4, -0.2) is 72.6 Å². The zero-order valence-electron chi connectivity index (χ0n) is 21.2. The van der Waals surface area contributed by atoms with Crippen LogP contribution in [-0.2, 0) is 19.1 Å². The highest BCUT2D eigenvalue weighted by molar-refractivity contribution is 5.91. The van der Waals surface area contributed by atoms with Gasteiger partial charge in [0.15, 0.2) is 5.96 Å². The van der Waals surface area contributed by atoms with Crippen LogP contribution in [0, 0.1) is 17.8 Å². The number of amides is 3. The summed E-state index contributed by atoms with van der Waals surface area (Å²) in [5.41, 5.74) is 10.5. The summed E-state index contributed by atoms with van der Waals surface area (Å²) >= 11 is 0. The van der Waals surface area contributed by atoms with Crippen LogP contribution in [0.4, 0.5) is 4.79 Å². The summed E-state index contributed by atoms with van der Waals surface area (Å²) in [6.07, 6.45) is 3.10. The minimum atomic E-state index is -1.29. The molecule has 0 aromatic carbocycles. The Morgan fingerprint density at radius 3 is 2.37 bits per heavy atom. The number of aliphatic hydroxyl groups is 1. The van der Waals surface area contributed by atoms with E-state index >= 15 is 0 Å². The number of aliphatic imine (C=N–C) groups is 1. The normalized spacial score (nSPS) is 22.3. The molecule has 0 aromatic rings. The summed E-state index contributed by atoms with van der Waals surface area (Å²) in [4.78, 5) is 52.5. The number of hydrogen-bond acceptors (Lipinski definition) is 7.